The fourth-order valence-electron chi connectivity index (χ4n) is 1.46. The Kier molecular flexibility index (Phi) is 3.72. The lowest BCUT2D eigenvalue weighted by atomic mass is 10.2. The fourth-order valence-corrected chi connectivity index (χ4v) is 1.46. The molecule has 0 spiro atoms. The molecule has 82 valence electrons. The number of rotatable bonds is 6. The van der Waals surface area contributed by atoms with Gasteiger partial charge in [-0.2, -0.15) is 0 Å². The summed E-state index contributed by atoms with van der Waals surface area (Å²) in [6.07, 6.45) is 0.552. The van der Waals surface area contributed by atoms with Crippen molar-refractivity contribution in [3.8, 4) is 0 Å². The molecule has 1 aromatic carbocycles. The van der Waals surface area contributed by atoms with Gasteiger partial charge < -0.3 is 14.6 Å². The van der Waals surface area contributed by atoms with E-state index in [1.54, 1.807) is 0 Å². The van der Waals surface area contributed by atoms with Crippen LogP contribution in [0.4, 0.5) is 0 Å². The minimum absolute atomic E-state index is 0.264. The molecule has 0 amide bonds. The maximum absolute atomic E-state index is 9.53. The maximum atomic E-state index is 9.53. The van der Waals surface area contributed by atoms with Gasteiger partial charge >= 0.3 is 0 Å². The van der Waals surface area contributed by atoms with Crippen molar-refractivity contribution in [3.63, 3.8) is 0 Å². The van der Waals surface area contributed by atoms with Crippen molar-refractivity contribution in [1.29, 1.82) is 0 Å². The van der Waals surface area contributed by atoms with Crippen LogP contribution in [-0.4, -0.2) is 30.5 Å². The van der Waals surface area contributed by atoms with Crippen molar-refractivity contribution >= 4 is 0 Å². The summed E-state index contributed by atoms with van der Waals surface area (Å²) in [5, 5.41) is 9.53. The van der Waals surface area contributed by atoms with Gasteiger partial charge in [-0.1, -0.05) is 30.3 Å². The van der Waals surface area contributed by atoms with Crippen LogP contribution in [0.2, 0.25) is 0 Å². The second kappa shape index (κ2) is 5.26. The molecule has 1 fully saturated rings. The molecule has 0 bridgehead atoms. The van der Waals surface area contributed by atoms with E-state index in [2.05, 4.69) is 0 Å². The van der Waals surface area contributed by atoms with Gasteiger partial charge in [0, 0.05) is 6.42 Å². The highest BCUT2D eigenvalue weighted by atomic mass is 16.6. The number of aliphatic hydroxyl groups is 1. The number of hydrogen-bond acceptors (Lipinski definition) is 3. The molecule has 1 N–H and O–H groups in total. The minimum Gasteiger partial charge on any atom is -0.391 e. The average molecular weight is 208 g/mol. The van der Waals surface area contributed by atoms with Crippen molar-refractivity contribution in [2.45, 2.75) is 25.2 Å². The zero-order valence-corrected chi connectivity index (χ0v) is 8.63. The number of hydrogen-bond donors (Lipinski definition) is 1. The molecule has 15 heavy (non-hydrogen) atoms. The first-order valence-corrected chi connectivity index (χ1v) is 5.26. The molecular formula is C12H16O3. The molecule has 3 heteroatoms. The van der Waals surface area contributed by atoms with E-state index in [1.165, 1.54) is 0 Å². The first-order chi connectivity index (χ1) is 7.34. The molecule has 3 nitrogen and oxygen atoms in total. The number of ether oxygens (including phenoxy) is 2. The van der Waals surface area contributed by atoms with Gasteiger partial charge in [0.15, 0.2) is 0 Å². The normalized spacial score (nSPS) is 21.3. The first kappa shape index (κ1) is 10.6. The predicted molar refractivity (Wildman–Crippen MR) is 56.5 cm³/mol. The lowest BCUT2D eigenvalue weighted by Gasteiger charge is -2.09. The molecule has 1 heterocycles. The van der Waals surface area contributed by atoms with E-state index < -0.39 is 6.10 Å². The topological polar surface area (TPSA) is 42.0 Å². The van der Waals surface area contributed by atoms with E-state index in [9.17, 15) is 5.11 Å². The van der Waals surface area contributed by atoms with Crippen LogP contribution in [-0.2, 0) is 16.1 Å². The Balaban J connectivity index is 1.61. The number of epoxide rings is 1. The molecule has 1 aromatic rings. The predicted octanol–water partition coefficient (Wildman–Crippen LogP) is 1.35. The van der Waals surface area contributed by atoms with Gasteiger partial charge in [-0.05, 0) is 5.56 Å². The summed E-state index contributed by atoms with van der Waals surface area (Å²) in [6.45, 7) is 1.73. The van der Waals surface area contributed by atoms with E-state index >= 15 is 0 Å². The van der Waals surface area contributed by atoms with Crippen LogP contribution in [0, 0.1) is 0 Å². The standard InChI is InChI=1S/C12H16O3/c13-11(6-12-9-15-12)8-14-7-10-4-2-1-3-5-10/h1-5,11-13H,6-9H2/t11-,12?/m0/s1. The van der Waals surface area contributed by atoms with Crippen molar-refractivity contribution in [1.82, 2.24) is 0 Å². The average Bonchev–Trinajstić information content (AvgIpc) is 3.03. The third-order valence-corrected chi connectivity index (χ3v) is 2.36. The van der Waals surface area contributed by atoms with Crippen molar-refractivity contribution < 1.29 is 14.6 Å². The minimum atomic E-state index is -0.402. The van der Waals surface area contributed by atoms with Gasteiger partial charge in [-0.15, -0.1) is 0 Å². The van der Waals surface area contributed by atoms with E-state index in [4.69, 9.17) is 9.47 Å². The van der Waals surface area contributed by atoms with Crippen LogP contribution in [0.15, 0.2) is 30.3 Å². The highest BCUT2D eigenvalue weighted by molar-refractivity contribution is 5.13. The van der Waals surface area contributed by atoms with Crippen LogP contribution in [0.1, 0.15) is 12.0 Å². The zero-order chi connectivity index (χ0) is 10.5. The lowest BCUT2D eigenvalue weighted by Crippen LogP contribution is -2.17. The molecule has 0 aliphatic carbocycles. The Bertz CT molecular complexity index is 282. The monoisotopic (exact) mass is 208 g/mol. The first-order valence-electron chi connectivity index (χ1n) is 5.26. The summed E-state index contributed by atoms with van der Waals surface area (Å²) >= 11 is 0. The SMILES string of the molecule is O[C@H](COCc1ccccc1)CC1CO1. The molecule has 1 saturated heterocycles. The van der Waals surface area contributed by atoms with E-state index in [0.717, 1.165) is 12.2 Å². The van der Waals surface area contributed by atoms with Gasteiger partial charge in [-0.25, -0.2) is 0 Å². The zero-order valence-electron chi connectivity index (χ0n) is 8.63. The Hall–Kier alpha value is -0.900. The summed E-state index contributed by atoms with van der Waals surface area (Å²) < 4.78 is 10.4. The number of benzene rings is 1. The van der Waals surface area contributed by atoms with Crippen molar-refractivity contribution in [2.75, 3.05) is 13.2 Å². The van der Waals surface area contributed by atoms with Crippen LogP contribution in [0.25, 0.3) is 0 Å². The van der Waals surface area contributed by atoms with E-state index in [1.807, 2.05) is 30.3 Å². The summed E-state index contributed by atoms with van der Waals surface area (Å²) in [5.74, 6) is 0. The van der Waals surface area contributed by atoms with Crippen LogP contribution in [0.5, 0.6) is 0 Å². The summed E-state index contributed by atoms with van der Waals surface area (Å²) in [5.41, 5.74) is 1.13. The molecule has 0 aromatic heterocycles. The Labute approximate surface area is 89.6 Å². The molecular weight excluding hydrogens is 192 g/mol. The van der Waals surface area contributed by atoms with Gasteiger partial charge in [0.05, 0.1) is 32.0 Å². The summed E-state index contributed by atoms with van der Waals surface area (Å²) in [6, 6.07) is 9.95. The highest BCUT2D eigenvalue weighted by Gasteiger charge is 2.25. The van der Waals surface area contributed by atoms with Gasteiger partial charge in [0.1, 0.15) is 0 Å². The quantitative estimate of drug-likeness (QED) is 0.717. The molecule has 1 aliphatic rings. The fraction of sp³-hybridized carbons (Fsp3) is 0.500. The Morgan fingerprint density at radius 3 is 2.80 bits per heavy atom. The van der Waals surface area contributed by atoms with E-state index in [-0.39, 0.29) is 6.10 Å². The van der Waals surface area contributed by atoms with Crippen molar-refractivity contribution in [2.24, 2.45) is 0 Å². The van der Waals surface area contributed by atoms with Gasteiger partial charge in [0.25, 0.3) is 0 Å². The molecule has 0 saturated carbocycles. The molecule has 2 atom stereocenters. The smallest absolute Gasteiger partial charge is 0.0835 e. The molecule has 1 unspecified atom stereocenters. The van der Waals surface area contributed by atoms with Crippen LogP contribution < -0.4 is 0 Å². The lowest BCUT2D eigenvalue weighted by molar-refractivity contribution is 0.0211. The maximum Gasteiger partial charge on any atom is 0.0835 e. The molecule has 1 aliphatic heterocycles. The van der Waals surface area contributed by atoms with Gasteiger partial charge in [-0.3, -0.25) is 0 Å². The van der Waals surface area contributed by atoms with Crippen molar-refractivity contribution in [3.05, 3.63) is 35.9 Å². The molecule has 0 radical (unpaired) electrons. The highest BCUT2D eigenvalue weighted by Crippen LogP contribution is 2.15. The second-order valence-electron chi connectivity index (χ2n) is 3.85. The summed E-state index contributed by atoms with van der Waals surface area (Å²) in [7, 11) is 0. The Morgan fingerprint density at radius 1 is 1.40 bits per heavy atom. The third kappa shape index (κ3) is 4.00. The molecule has 2 rings (SSSR count). The summed E-state index contributed by atoms with van der Waals surface area (Å²) in [4.78, 5) is 0. The van der Waals surface area contributed by atoms with Crippen LogP contribution >= 0.6 is 0 Å². The second-order valence-corrected chi connectivity index (χ2v) is 3.85. The van der Waals surface area contributed by atoms with Gasteiger partial charge in [0.2, 0.25) is 0 Å². The van der Waals surface area contributed by atoms with E-state index in [0.29, 0.717) is 19.6 Å². The third-order valence-electron chi connectivity index (χ3n) is 2.36. The largest absolute Gasteiger partial charge is 0.391 e. The Morgan fingerprint density at radius 2 is 2.13 bits per heavy atom. The number of aliphatic hydroxyl groups excluding tert-OH is 1. The van der Waals surface area contributed by atoms with Crippen LogP contribution in [0.3, 0.4) is 0 Å².